The van der Waals surface area contributed by atoms with E-state index in [4.69, 9.17) is 14.6 Å². The summed E-state index contributed by atoms with van der Waals surface area (Å²) in [6.45, 7) is 1.26. The van der Waals surface area contributed by atoms with Crippen molar-refractivity contribution < 1.29 is 19.7 Å². The summed E-state index contributed by atoms with van der Waals surface area (Å²) in [5, 5.41) is 20.4. The van der Waals surface area contributed by atoms with Gasteiger partial charge in [-0.15, -0.1) is 11.3 Å². The Kier molecular flexibility index (Phi) is 3.15. The number of rotatable bonds is 2. The Bertz CT molecular complexity index is 417. The van der Waals surface area contributed by atoms with E-state index in [1.165, 1.54) is 11.3 Å². The lowest BCUT2D eigenvalue weighted by atomic mass is 9.82. The van der Waals surface area contributed by atoms with E-state index in [0.29, 0.717) is 43.9 Å². The van der Waals surface area contributed by atoms with Crippen LogP contribution in [-0.2, 0) is 21.7 Å². The molecule has 0 bridgehead atoms. The molecule has 1 saturated carbocycles. The molecule has 1 aromatic heterocycles. The maximum Gasteiger partial charge on any atom is 0.168 e. The van der Waals surface area contributed by atoms with E-state index in [9.17, 15) is 5.11 Å². The molecule has 5 nitrogen and oxygen atoms in total. The van der Waals surface area contributed by atoms with Crippen LogP contribution in [0.1, 0.15) is 35.6 Å². The van der Waals surface area contributed by atoms with Gasteiger partial charge in [-0.1, -0.05) is 0 Å². The van der Waals surface area contributed by atoms with Crippen LogP contribution in [0, 0.1) is 0 Å². The average molecular weight is 271 g/mol. The van der Waals surface area contributed by atoms with Crippen LogP contribution in [0.2, 0.25) is 0 Å². The Balaban J connectivity index is 1.73. The van der Waals surface area contributed by atoms with Gasteiger partial charge in [-0.2, -0.15) is 0 Å². The van der Waals surface area contributed by atoms with E-state index in [1.54, 1.807) is 6.20 Å². The second-order valence-electron chi connectivity index (χ2n) is 4.93. The average Bonchev–Trinajstić information content (AvgIpc) is 3.04. The number of ether oxygens (including phenoxy) is 2. The molecule has 2 N–H and O–H groups in total. The van der Waals surface area contributed by atoms with Gasteiger partial charge in [-0.3, -0.25) is 0 Å². The number of aromatic nitrogens is 1. The summed E-state index contributed by atoms with van der Waals surface area (Å²) >= 11 is 1.38. The van der Waals surface area contributed by atoms with E-state index < -0.39 is 11.4 Å². The molecular formula is C12H17NO4S. The van der Waals surface area contributed by atoms with Crippen LogP contribution < -0.4 is 0 Å². The minimum absolute atomic E-state index is 0.0239. The van der Waals surface area contributed by atoms with Gasteiger partial charge in [0.2, 0.25) is 0 Å². The van der Waals surface area contributed by atoms with Gasteiger partial charge in [0.15, 0.2) is 5.79 Å². The zero-order valence-corrected chi connectivity index (χ0v) is 10.9. The van der Waals surface area contributed by atoms with Crippen molar-refractivity contribution in [1.29, 1.82) is 0 Å². The fourth-order valence-electron chi connectivity index (χ4n) is 2.64. The summed E-state index contributed by atoms with van der Waals surface area (Å²) in [4.78, 5) is 5.01. The Morgan fingerprint density at radius 1 is 1.22 bits per heavy atom. The Morgan fingerprint density at radius 3 is 2.44 bits per heavy atom. The molecule has 100 valence electrons. The summed E-state index contributed by atoms with van der Waals surface area (Å²) < 4.78 is 11.3. The quantitative estimate of drug-likeness (QED) is 0.844. The predicted molar refractivity (Wildman–Crippen MR) is 65.0 cm³/mol. The SMILES string of the molecule is OCc1cnc(C2(O)CCC3(CC2)OCCO3)s1. The van der Waals surface area contributed by atoms with E-state index in [-0.39, 0.29) is 6.61 Å². The molecule has 18 heavy (non-hydrogen) atoms. The van der Waals surface area contributed by atoms with Crippen LogP contribution in [-0.4, -0.2) is 34.2 Å². The topological polar surface area (TPSA) is 71.8 Å². The third kappa shape index (κ3) is 2.08. The van der Waals surface area contributed by atoms with Crippen LogP contribution in [0.5, 0.6) is 0 Å². The highest BCUT2D eigenvalue weighted by Gasteiger charge is 2.47. The molecule has 0 amide bonds. The Labute approximate surface area is 109 Å². The molecule has 0 radical (unpaired) electrons. The third-order valence-corrected chi connectivity index (χ3v) is 4.94. The molecule has 2 fully saturated rings. The normalized spacial score (nSPS) is 25.7. The highest BCUT2D eigenvalue weighted by Crippen LogP contribution is 2.45. The van der Waals surface area contributed by atoms with E-state index in [0.717, 1.165) is 4.88 Å². The molecule has 6 heteroatoms. The van der Waals surface area contributed by atoms with Gasteiger partial charge in [0.25, 0.3) is 0 Å². The van der Waals surface area contributed by atoms with E-state index >= 15 is 0 Å². The number of nitrogens with zero attached hydrogens (tertiary/aromatic N) is 1. The zero-order chi connectivity index (χ0) is 12.6. The van der Waals surface area contributed by atoms with Crippen LogP contribution in [0.4, 0.5) is 0 Å². The van der Waals surface area contributed by atoms with Crippen molar-refractivity contribution in [3.63, 3.8) is 0 Å². The number of aliphatic hydroxyl groups is 2. The van der Waals surface area contributed by atoms with Crippen molar-refractivity contribution >= 4 is 11.3 Å². The van der Waals surface area contributed by atoms with Gasteiger partial charge in [0.1, 0.15) is 10.6 Å². The minimum Gasteiger partial charge on any atom is -0.391 e. The summed E-state index contributed by atoms with van der Waals surface area (Å²) in [5.41, 5.74) is -0.890. The number of thiazole rings is 1. The standard InChI is InChI=1S/C12H17NO4S/c14-8-9-7-13-10(18-9)11(15)1-3-12(4-2-11)16-5-6-17-12/h7,14-15H,1-6,8H2. The van der Waals surface area contributed by atoms with Gasteiger partial charge in [-0.05, 0) is 12.8 Å². The van der Waals surface area contributed by atoms with Crippen molar-refractivity contribution in [2.75, 3.05) is 13.2 Å². The molecule has 1 aromatic rings. The monoisotopic (exact) mass is 271 g/mol. The Hall–Kier alpha value is -0.530. The summed E-state index contributed by atoms with van der Waals surface area (Å²) in [6.07, 6.45) is 4.19. The van der Waals surface area contributed by atoms with Gasteiger partial charge < -0.3 is 19.7 Å². The van der Waals surface area contributed by atoms with Crippen molar-refractivity contribution in [2.45, 2.75) is 43.7 Å². The smallest absolute Gasteiger partial charge is 0.168 e. The van der Waals surface area contributed by atoms with Gasteiger partial charge >= 0.3 is 0 Å². The largest absolute Gasteiger partial charge is 0.391 e. The summed E-state index contributed by atoms with van der Waals surface area (Å²) in [5.74, 6) is -0.469. The molecular weight excluding hydrogens is 254 g/mol. The van der Waals surface area contributed by atoms with Gasteiger partial charge in [0, 0.05) is 19.0 Å². The van der Waals surface area contributed by atoms with Crippen LogP contribution in [0.15, 0.2) is 6.20 Å². The van der Waals surface area contributed by atoms with E-state index in [2.05, 4.69) is 4.98 Å². The molecule has 2 heterocycles. The highest BCUT2D eigenvalue weighted by atomic mass is 32.1. The van der Waals surface area contributed by atoms with Crippen molar-refractivity contribution in [2.24, 2.45) is 0 Å². The minimum atomic E-state index is -0.890. The van der Waals surface area contributed by atoms with Gasteiger partial charge in [-0.25, -0.2) is 4.98 Å². The third-order valence-electron chi connectivity index (χ3n) is 3.76. The Morgan fingerprint density at radius 2 is 1.89 bits per heavy atom. The molecule has 1 spiro atoms. The molecule has 3 rings (SSSR count). The number of hydrogen-bond donors (Lipinski definition) is 2. The fraction of sp³-hybridized carbons (Fsp3) is 0.750. The van der Waals surface area contributed by atoms with Crippen molar-refractivity contribution in [1.82, 2.24) is 4.98 Å². The predicted octanol–water partition coefficient (Wildman–Crippen LogP) is 1.14. The highest BCUT2D eigenvalue weighted by molar-refractivity contribution is 7.11. The summed E-state index contributed by atoms with van der Waals surface area (Å²) in [6, 6.07) is 0. The molecule has 1 saturated heterocycles. The molecule has 0 unspecified atom stereocenters. The number of hydrogen-bond acceptors (Lipinski definition) is 6. The van der Waals surface area contributed by atoms with Crippen LogP contribution >= 0.6 is 11.3 Å². The molecule has 2 aliphatic rings. The molecule has 1 aliphatic heterocycles. The first-order chi connectivity index (χ1) is 8.66. The van der Waals surface area contributed by atoms with Crippen molar-refractivity contribution in [3.8, 4) is 0 Å². The van der Waals surface area contributed by atoms with Crippen LogP contribution in [0.3, 0.4) is 0 Å². The molecule has 1 aliphatic carbocycles. The first-order valence-corrected chi connectivity index (χ1v) is 7.04. The molecule has 0 aromatic carbocycles. The van der Waals surface area contributed by atoms with Crippen molar-refractivity contribution in [3.05, 3.63) is 16.1 Å². The van der Waals surface area contributed by atoms with Gasteiger partial charge in [0.05, 0.1) is 24.7 Å². The lowest BCUT2D eigenvalue weighted by Crippen LogP contribution is -2.42. The second kappa shape index (κ2) is 4.54. The maximum absolute atomic E-state index is 10.7. The fourth-order valence-corrected chi connectivity index (χ4v) is 3.56. The first kappa shape index (κ1) is 12.5. The maximum atomic E-state index is 10.7. The zero-order valence-electron chi connectivity index (χ0n) is 10.1. The summed E-state index contributed by atoms with van der Waals surface area (Å²) in [7, 11) is 0. The molecule has 0 atom stereocenters. The lowest BCUT2D eigenvalue weighted by molar-refractivity contribution is -0.204. The van der Waals surface area contributed by atoms with Crippen LogP contribution in [0.25, 0.3) is 0 Å². The number of aliphatic hydroxyl groups excluding tert-OH is 1. The first-order valence-electron chi connectivity index (χ1n) is 6.22. The lowest BCUT2D eigenvalue weighted by Gasteiger charge is -2.39. The van der Waals surface area contributed by atoms with E-state index in [1.807, 2.05) is 0 Å². The second-order valence-corrected chi connectivity index (χ2v) is 6.04.